The van der Waals surface area contributed by atoms with Crippen LogP contribution in [0.5, 0.6) is 0 Å². The van der Waals surface area contributed by atoms with E-state index in [0.717, 1.165) is 6.29 Å². The monoisotopic (exact) mass is 393 g/mol. The van der Waals surface area contributed by atoms with Crippen molar-refractivity contribution in [2.24, 2.45) is 5.92 Å². The maximum atomic E-state index is 12.5. The average Bonchev–Trinajstić information content (AvgIpc) is 2.42. The van der Waals surface area contributed by atoms with Gasteiger partial charge in [0.1, 0.15) is 12.2 Å². The Morgan fingerprint density at radius 2 is 1.77 bits per heavy atom. The van der Waals surface area contributed by atoms with Crippen LogP contribution in [-0.2, 0) is 19.1 Å². The number of carbonyl (C=O) groups excluding carboxylic acids is 2. The number of ether oxygens (including phenoxy) is 2. The molecule has 22 heavy (non-hydrogen) atoms. The second kappa shape index (κ2) is 6.71. The second-order valence-corrected chi connectivity index (χ2v) is 13.1. The lowest BCUT2D eigenvalue weighted by atomic mass is 9.86. The highest BCUT2D eigenvalue weighted by Gasteiger charge is 2.58. The lowest BCUT2D eigenvalue weighted by Gasteiger charge is -2.58. The third-order valence-electron chi connectivity index (χ3n) is 5.32. The minimum atomic E-state index is -2.05. The molecule has 1 heterocycles. The maximum Gasteiger partial charge on any atom is 0.227 e. The molecule has 1 aliphatic rings. The predicted molar refractivity (Wildman–Crippen MR) is 92.5 cm³/mol. The number of aldehydes is 1. The van der Waals surface area contributed by atoms with Gasteiger partial charge in [0.15, 0.2) is 14.0 Å². The fraction of sp³-hybridized carbons (Fsp3) is 0.867. The van der Waals surface area contributed by atoms with Gasteiger partial charge < -0.3 is 18.8 Å². The number of β-lactam (4-membered cyclic amide) rings is 1. The van der Waals surface area contributed by atoms with Crippen LogP contribution in [0.2, 0.25) is 18.1 Å². The third kappa shape index (κ3) is 3.18. The van der Waals surface area contributed by atoms with Crippen LogP contribution < -0.4 is 0 Å². The molecule has 1 amide bonds. The van der Waals surface area contributed by atoms with Crippen molar-refractivity contribution in [1.29, 1.82) is 0 Å². The number of halogens is 1. The highest BCUT2D eigenvalue weighted by molar-refractivity contribution is 9.09. The molecular formula is C15H28BrNO4Si. The summed E-state index contributed by atoms with van der Waals surface area (Å²) in [7, 11) is 1.12. The van der Waals surface area contributed by atoms with Gasteiger partial charge in [-0.2, -0.15) is 0 Å². The van der Waals surface area contributed by atoms with Crippen molar-refractivity contribution in [2.45, 2.75) is 57.2 Å². The van der Waals surface area contributed by atoms with Crippen molar-refractivity contribution < 1.29 is 19.1 Å². The van der Waals surface area contributed by atoms with Gasteiger partial charge in [0.25, 0.3) is 0 Å². The Kier molecular flexibility index (Phi) is 6.04. The molecule has 0 bridgehead atoms. The smallest absolute Gasteiger partial charge is 0.227 e. The molecule has 7 heteroatoms. The summed E-state index contributed by atoms with van der Waals surface area (Å²) >= 11 is 3.41. The van der Waals surface area contributed by atoms with Crippen LogP contribution in [0.4, 0.5) is 0 Å². The van der Waals surface area contributed by atoms with Crippen molar-refractivity contribution in [2.75, 3.05) is 19.5 Å². The molecule has 1 fully saturated rings. The fourth-order valence-electron chi connectivity index (χ4n) is 2.72. The number of hydrogen-bond acceptors (Lipinski definition) is 4. The highest BCUT2D eigenvalue weighted by atomic mass is 79.9. The number of carbonyl (C=O) groups is 2. The number of nitrogens with zero attached hydrogens (tertiary/aromatic N) is 1. The molecule has 1 aliphatic heterocycles. The summed E-state index contributed by atoms with van der Waals surface area (Å²) in [5.74, 6) is -1.46. The summed E-state index contributed by atoms with van der Waals surface area (Å²) in [6.45, 7) is 10.8. The van der Waals surface area contributed by atoms with Crippen LogP contribution in [0.1, 0.15) is 27.2 Å². The van der Waals surface area contributed by atoms with Crippen molar-refractivity contribution in [3.05, 3.63) is 0 Å². The molecule has 5 nitrogen and oxygen atoms in total. The third-order valence-corrected chi connectivity index (χ3v) is 11.6. The van der Waals surface area contributed by atoms with Crippen molar-refractivity contribution >= 4 is 36.4 Å². The van der Waals surface area contributed by atoms with E-state index in [4.69, 9.17) is 9.47 Å². The van der Waals surface area contributed by atoms with Gasteiger partial charge in [-0.1, -0.05) is 49.8 Å². The zero-order chi connectivity index (χ0) is 17.3. The van der Waals surface area contributed by atoms with Crippen molar-refractivity contribution in [3.8, 4) is 0 Å². The first-order valence-electron chi connectivity index (χ1n) is 7.46. The van der Waals surface area contributed by atoms with Crippen LogP contribution in [-0.4, -0.2) is 56.4 Å². The highest BCUT2D eigenvalue weighted by Crippen LogP contribution is 2.46. The summed E-state index contributed by atoms with van der Waals surface area (Å²) in [4.78, 5) is 23.8. The molecular weight excluding hydrogens is 366 g/mol. The van der Waals surface area contributed by atoms with Gasteiger partial charge in [-0.15, -0.1) is 0 Å². The van der Waals surface area contributed by atoms with Crippen LogP contribution in [0, 0.1) is 5.92 Å². The minimum absolute atomic E-state index is 0.0198. The van der Waals surface area contributed by atoms with E-state index in [1.165, 1.54) is 0 Å². The van der Waals surface area contributed by atoms with Crippen molar-refractivity contribution in [3.63, 3.8) is 0 Å². The standard InChI is InChI=1S/C15H28BrNO4Si/c1-14(2,3)22(6,7)17-12(11(9-18)13(17)19)8-15(10-16,20-4)21-5/h9,11-12H,8,10H2,1-7H3/t11-,12-/m0/s1. The molecule has 0 radical (unpaired) electrons. The van der Waals surface area contributed by atoms with Crippen molar-refractivity contribution in [1.82, 2.24) is 4.57 Å². The first kappa shape index (κ1) is 19.8. The molecule has 0 saturated carbocycles. The Balaban J connectivity index is 3.13. The predicted octanol–water partition coefficient (Wildman–Crippen LogP) is 2.79. The van der Waals surface area contributed by atoms with E-state index in [1.807, 2.05) is 4.57 Å². The summed E-state index contributed by atoms with van der Waals surface area (Å²) < 4.78 is 13.0. The summed E-state index contributed by atoms with van der Waals surface area (Å²) in [5.41, 5.74) is 0. The number of rotatable bonds is 7. The molecule has 0 unspecified atom stereocenters. The van der Waals surface area contributed by atoms with E-state index < -0.39 is 19.9 Å². The Labute approximate surface area is 142 Å². The molecule has 0 spiro atoms. The molecule has 0 N–H and O–H groups in total. The van der Waals surface area contributed by atoms with E-state index in [2.05, 4.69) is 49.8 Å². The first-order chi connectivity index (χ1) is 10.0. The van der Waals surface area contributed by atoms with E-state index in [0.29, 0.717) is 11.8 Å². The molecule has 1 saturated heterocycles. The lowest BCUT2D eigenvalue weighted by Crippen LogP contribution is -2.74. The number of alkyl halides is 1. The molecule has 2 atom stereocenters. The number of methoxy groups -OCH3 is 2. The Morgan fingerprint density at radius 1 is 1.27 bits per heavy atom. The lowest BCUT2D eigenvalue weighted by molar-refractivity contribution is -0.207. The van der Waals surface area contributed by atoms with Crippen LogP contribution in [0.15, 0.2) is 0 Å². The number of amides is 1. The zero-order valence-electron chi connectivity index (χ0n) is 14.6. The van der Waals surface area contributed by atoms with Gasteiger partial charge in [0.2, 0.25) is 5.91 Å². The molecule has 0 aliphatic carbocycles. The molecule has 0 aromatic carbocycles. The quantitative estimate of drug-likeness (QED) is 0.166. The average molecular weight is 394 g/mol. The maximum absolute atomic E-state index is 12.5. The summed E-state index contributed by atoms with van der Waals surface area (Å²) in [6, 6.07) is -0.164. The Hall–Kier alpha value is -0.243. The molecule has 0 aromatic heterocycles. The fourth-order valence-corrected chi connectivity index (χ4v) is 5.91. The number of hydrogen-bond donors (Lipinski definition) is 0. The molecule has 1 rings (SSSR count). The Bertz CT molecular complexity index is 423. The first-order valence-corrected chi connectivity index (χ1v) is 11.5. The van der Waals surface area contributed by atoms with Gasteiger partial charge in [0.05, 0.1) is 5.33 Å². The van der Waals surface area contributed by atoms with E-state index in [-0.39, 0.29) is 17.0 Å². The van der Waals surface area contributed by atoms with Gasteiger partial charge in [-0.25, -0.2) is 0 Å². The second-order valence-electron chi connectivity index (χ2n) is 7.40. The van der Waals surface area contributed by atoms with Crippen LogP contribution in [0.3, 0.4) is 0 Å². The Morgan fingerprint density at radius 3 is 2.09 bits per heavy atom. The largest absolute Gasteiger partial charge is 0.364 e. The molecule has 0 aromatic rings. The zero-order valence-corrected chi connectivity index (χ0v) is 17.2. The molecule has 128 valence electrons. The van der Waals surface area contributed by atoms with Crippen LogP contribution in [0.25, 0.3) is 0 Å². The summed E-state index contributed by atoms with van der Waals surface area (Å²) in [6.07, 6.45) is 1.24. The van der Waals surface area contributed by atoms with Gasteiger partial charge in [-0.05, 0) is 5.04 Å². The summed E-state index contributed by atoms with van der Waals surface area (Å²) in [5, 5.41) is 0.501. The van der Waals surface area contributed by atoms with E-state index in [9.17, 15) is 9.59 Å². The van der Waals surface area contributed by atoms with Gasteiger partial charge in [0, 0.05) is 26.7 Å². The van der Waals surface area contributed by atoms with Gasteiger partial charge in [-0.3, -0.25) is 4.79 Å². The topological polar surface area (TPSA) is 55.8 Å². The van der Waals surface area contributed by atoms with E-state index in [1.54, 1.807) is 14.2 Å². The minimum Gasteiger partial charge on any atom is -0.364 e. The van der Waals surface area contributed by atoms with Gasteiger partial charge >= 0.3 is 0 Å². The van der Waals surface area contributed by atoms with Crippen LogP contribution >= 0.6 is 15.9 Å². The SMILES string of the molecule is COC(CBr)(C[C@H]1[C@H](C=O)C(=O)N1[Si](C)(C)C(C)(C)C)OC. The van der Waals surface area contributed by atoms with E-state index >= 15 is 0 Å². The normalized spacial score (nSPS) is 23.5.